The summed E-state index contributed by atoms with van der Waals surface area (Å²) in [5, 5.41) is 1.73. The van der Waals surface area contributed by atoms with Crippen LogP contribution in [0.3, 0.4) is 0 Å². The molecule has 2 aromatic heterocycles. The Morgan fingerprint density at radius 2 is 2.00 bits per heavy atom. The Labute approximate surface area is 193 Å². The van der Waals surface area contributed by atoms with Crippen molar-refractivity contribution in [1.29, 1.82) is 0 Å². The van der Waals surface area contributed by atoms with Crippen LogP contribution in [0.5, 0.6) is 11.5 Å². The summed E-state index contributed by atoms with van der Waals surface area (Å²) in [6.07, 6.45) is 2.00. The second kappa shape index (κ2) is 8.62. The van der Waals surface area contributed by atoms with Crippen LogP contribution in [0, 0.1) is 0 Å². The van der Waals surface area contributed by atoms with Crippen molar-refractivity contribution in [2.24, 2.45) is 4.99 Å². The number of benzene rings is 1. The van der Waals surface area contributed by atoms with Gasteiger partial charge in [0.15, 0.2) is 16.3 Å². The van der Waals surface area contributed by atoms with E-state index in [2.05, 4.69) is 4.99 Å². The minimum Gasteiger partial charge on any atom is -0.486 e. The molecule has 170 valence electrons. The van der Waals surface area contributed by atoms with Crippen molar-refractivity contribution in [2.75, 3.05) is 19.8 Å². The lowest BCUT2D eigenvalue weighted by Crippen LogP contribution is -2.47. The van der Waals surface area contributed by atoms with Crippen molar-refractivity contribution in [1.82, 2.24) is 8.87 Å². The van der Waals surface area contributed by atoms with E-state index >= 15 is 0 Å². The number of fused-ring (bicyclic) bond motifs is 2. The number of hydrogen-bond donors (Lipinski definition) is 0. The van der Waals surface area contributed by atoms with Crippen LogP contribution in [-0.4, -0.2) is 49.0 Å². The SMILES string of the molecule is CCn1c(=NC(=O)C2CCCCN2S(=O)(=O)c2cccs2)sc2cc3c(cc21)OCCO3. The standard InChI is InChI=1S/C21H23N3O5S3/c1-2-23-15-12-16-17(29-10-9-28-16)13-18(15)31-21(23)22-20(25)14-6-3-4-8-24(14)32(26,27)19-7-5-11-30-19/h5,7,11-14H,2-4,6,8-10H2,1H3. The fraction of sp³-hybridized carbons (Fsp3) is 0.429. The molecule has 0 bridgehead atoms. The number of thiophene rings is 1. The number of rotatable bonds is 4. The van der Waals surface area contributed by atoms with Gasteiger partial charge in [-0.3, -0.25) is 4.79 Å². The molecule has 0 aliphatic carbocycles. The number of ether oxygens (including phenoxy) is 2. The van der Waals surface area contributed by atoms with Gasteiger partial charge in [-0.2, -0.15) is 9.30 Å². The number of aryl methyl sites for hydroxylation is 1. The van der Waals surface area contributed by atoms with E-state index in [9.17, 15) is 13.2 Å². The van der Waals surface area contributed by atoms with Crippen molar-refractivity contribution in [3.8, 4) is 11.5 Å². The summed E-state index contributed by atoms with van der Waals surface area (Å²) in [4.78, 5) is 18.2. The molecule has 2 aliphatic heterocycles. The Kier molecular flexibility index (Phi) is 5.82. The smallest absolute Gasteiger partial charge is 0.266 e. The van der Waals surface area contributed by atoms with Gasteiger partial charge in [-0.05, 0) is 31.2 Å². The molecule has 0 radical (unpaired) electrons. The highest BCUT2D eigenvalue weighted by Crippen LogP contribution is 2.35. The Morgan fingerprint density at radius 3 is 2.72 bits per heavy atom. The molecule has 1 atom stereocenters. The van der Waals surface area contributed by atoms with Gasteiger partial charge in [-0.1, -0.05) is 23.8 Å². The summed E-state index contributed by atoms with van der Waals surface area (Å²) >= 11 is 2.56. The first-order valence-electron chi connectivity index (χ1n) is 10.6. The Bertz CT molecular complexity index is 1320. The van der Waals surface area contributed by atoms with Gasteiger partial charge < -0.3 is 14.0 Å². The first kappa shape index (κ1) is 21.6. The summed E-state index contributed by atoms with van der Waals surface area (Å²) in [6, 6.07) is 6.33. The van der Waals surface area contributed by atoms with E-state index < -0.39 is 22.0 Å². The highest BCUT2D eigenvalue weighted by molar-refractivity contribution is 7.91. The number of hydrogen-bond acceptors (Lipinski definition) is 7. The van der Waals surface area contributed by atoms with Crippen LogP contribution in [0.2, 0.25) is 0 Å². The van der Waals surface area contributed by atoms with Gasteiger partial charge in [-0.25, -0.2) is 8.42 Å². The normalized spacial score (nSPS) is 20.0. The van der Waals surface area contributed by atoms with Crippen LogP contribution in [-0.2, 0) is 21.4 Å². The Morgan fingerprint density at radius 1 is 1.22 bits per heavy atom. The van der Waals surface area contributed by atoms with E-state index in [1.54, 1.807) is 17.5 Å². The molecule has 1 fully saturated rings. The third kappa shape index (κ3) is 3.76. The first-order valence-corrected chi connectivity index (χ1v) is 13.7. The number of piperidine rings is 1. The van der Waals surface area contributed by atoms with Crippen molar-refractivity contribution >= 4 is 48.8 Å². The number of nitrogens with zero attached hydrogens (tertiary/aromatic N) is 3. The summed E-state index contributed by atoms with van der Waals surface area (Å²) in [6.45, 7) is 3.94. The van der Waals surface area contributed by atoms with E-state index in [4.69, 9.17) is 9.47 Å². The highest BCUT2D eigenvalue weighted by atomic mass is 32.2. The third-order valence-corrected chi connectivity index (χ3v) is 9.99. The molecule has 2 aliphatic rings. The number of carbonyl (C=O) groups excluding carboxylic acids is 1. The fourth-order valence-corrected chi connectivity index (χ4v) is 8.01. The monoisotopic (exact) mass is 493 g/mol. The van der Waals surface area contributed by atoms with Gasteiger partial charge in [-0.15, -0.1) is 11.3 Å². The fourth-order valence-electron chi connectivity index (χ4n) is 4.13. The molecule has 1 amide bonds. The van der Waals surface area contributed by atoms with Crippen LogP contribution in [0.25, 0.3) is 10.2 Å². The van der Waals surface area contributed by atoms with Crippen molar-refractivity contribution in [3.63, 3.8) is 0 Å². The second-order valence-electron chi connectivity index (χ2n) is 7.60. The van der Waals surface area contributed by atoms with Gasteiger partial charge in [0.25, 0.3) is 15.9 Å². The summed E-state index contributed by atoms with van der Waals surface area (Å²) in [5.41, 5.74) is 0.917. The van der Waals surface area contributed by atoms with Crippen molar-refractivity contribution in [2.45, 2.75) is 43.0 Å². The molecule has 1 unspecified atom stereocenters. The predicted octanol–water partition coefficient (Wildman–Crippen LogP) is 3.23. The van der Waals surface area contributed by atoms with Crippen molar-refractivity contribution < 1.29 is 22.7 Å². The minimum atomic E-state index is -3.72. The van der Waals surface area contributed by atoms with E-state index in [0.717, 1.165) is 23.1 Å². The molecule has 0 N–H and O–H groups in total. The van der Waals surface area contributed by atoms with E-state index in [1.807, 2.05) is 23.6 Å². The Balaban J connectivity index is 1.54. The first-order chi connectivity index (χ1) is 15.5. The predicted molar refractivity (Wildman–Crippen MR) is 123 cm³/mol. The zero-order valence-corrected chi connectivity index (χ0v) is 20.0. The zero-order valence-electron chi connectivity index (χ0n) is 17.5. The largest absolute Gasteiger partial charge is 0.486 e. The van der Waals surface area contributed by atoms with Gasteiger partial charge in [0.1, 0.15) is 23.5 Å². The molecule has 3 aromatic rings. The highest BCUT2D eigenvalue weighted by Gasteiger charge is 2.38. The summed E-state index contributed by atoms with van der Waals surface area (Å²) in [7, 11) is -3.72. The van der Waals surface area contributed by atoms with Crippen LogP contribution in [0.15, 0.2) is 38.8 Å². The lowest BCUT2D eigenvalue weighted by Gasteiger charge is -2.31. The number of sulfonamides is 1. The van der Waals surface area contributed by atoms with Crippen LogP contribution < -0.4 is 14.3 Å². The van der Waals surface area contributed by atoms with Crippen LogP contribution >= 0.6 is 22.7 Å². The van der Waals surface area contributed by atoms with Gasteiger partial charge in [0.05, 0.1) is 10.2 Å². The molecule has 11 heteroatoms. The topological polar surface area (TPSA) is 90.2 Å². The number of aromatic nitrogens is 1. The lowest BCUT2D eigenvalue weighted by atomic mass is 10.0. The molecule has 32 heavy (non-hydrogen) atoms. The van der Waals surface area contributed by atoms with Crippen LogP contribution in [0.1, 0.15) is 26.2 Å². The quantitative estimate of drug-likeness (QED) is 0.557. The number of thiazole rings is 1. The second-order valence-corrected chi connectivity index (χ2v) is 11.7. The molecule has 4 heterocycles. The maximum Gasteiger partial charge on any atom is 0.266 e. The average Bonchev–Trinajstić information content (AvgIpc) is 3.46. The molecule has 0 saturated carbocycles. The van der Waals surface area contributed by atoms with Gasteiger partial charge >= 0.3 is 0 Å². The Hall–Kier alpha value is -2.21. The zero-order chi connectivity index (χ0) is 22.3. The van der Waals surface area contributed by atoms with E-state index in [0.29, 0.717) is 49.0 Å². The minimum absolute atomic E-state index is 0.258. The maximum atomic E-state index is 13.3. The van der Waals surface area contributed by atoms with Crippen molar-refractivity contribution in [3.05, 3.63) is 34.4 Å². The lowest BCUT2D eigenvalue weighted by molar-refractivity contribution is -0.122. The van der Waals surface area contributed by atoms with Gasteiger partial charge in [0, 0.05) is 25.2 Å². The number of amides is 1. The molecule has 8 nitrogen and oxygen atoms in total. The molecular formula is C21H23N3O5S3. The molecule has 1 aromatic carbocycles. The van der Waals surface area contributed by atoms with E-state index in [1.165, 1.54) is 27.0 Å². The molecule has 0 spiro atoms. The van der Waals surface area contributed by atoms with Crippen LogP contribution in [0.4, 0.5) is 0 Å². The summed E-state index contributed by atoms with van der Waals surface area (Å²) < 4.78 is 42.1. The third-order valence-electron chi connectivity index (χ3n) is 5.67. The van der Waals surface area contributed by atoms with E-state index in [-0.39, 0.29) is 4.21 Å². The maximum absolute atomic E-state index is 13.3. The molecular weight excluding hydrogens is 470 g/mol. The number of carbonyl (C=O) groups is 1. The molecule has 1 saturated heterocycles. The molecule has 5 rings (SSSR count). The average molecular weight is 494 g/mol. The van der Waals surface area contributed by atoms with Gasteiger partial charge in [0.2, 0.25) is 0 Å². The summed E-state index contributed by atoms with van der Waals surface area (Å²) in [5.74, 6) is 0.949.